The fourth-order valence-electron chi connectivity index (χ4n) is 1.56. The predicted molar refractivity (Wildman–Crippen MR) is 62.1 cm³/mol. The molecule has 2 aliphatic rings. The van der Waals surface area contributed by atoms with E-state index in [1.807, 2.05) is 24.4 Å². The Kier molecular flexibility index (Phi) is 1.90. The third kappa shape index (κ3) is 1.28. The summed E-state index contributed by atoms with van der Waals surface area (Å²) in [6, 6.07) is 0. The van der Waals surface area contributed by atoms with Crippen molar-refractivity contribution in [1.82, 2.24) is 14.8 Å². The van der Waals surface area contributed by atoms with Gasteiger partial charge in [0.05, 0.1) is 6.54 Å². The zero-order valence-corrected chi connectivity index (χ0v) is 9.65. The van der Waals surface area contributed by atoms with E-state index < -0.39 is 0 Å². The summed E-state index contributed by atoms with van der Waals surface area (Å²) in [5.74, 6) is 1.12. The number of hydrogen-bond donors (Lipinski definition) is 0. The van der Waals surface area contributed by atoms with Crippen molar-refractivity contribution in [2.75, 3.05) is 19.0 Å². The van der Waals surface area contributed by atoms with E-state index in [0.717, 1.165) is 5.57 Å². The molecule has 0 saturated heterocycles. The Morgan fingerprint density at radius 3 is 3.06 bits per heavy atom. The minimum absolute atomic E-state index is 0.00402. The summed E-state index contributed by atoms with van der Waals surface area (Å²) in [6.45, 7) is 0.577. The molecule has 0 saturated carbocycles. The van der Waals surface area contributed by atoms with Crippen LogP contribution >= 0.6 is 11.8 Å². The largest absolute Gasteiger partial charge is 0.346 e. The molecule has 1 aromatic heterocycles. The van der Waals surface area contributed by atoms with Crippen LogP contribution in [0, 0.1) is 0 Å². The lowest BCUT2D eigenvalue weighted by molar-refractivity contribution is -0.105. The van der Waals surface area contributed by atoms with Crippen LogP contribution in [0.15, 0.2) is 16.0 Å². The highest BCUT2D eigenvalue weighted by Gasteiger charge is 2.29. The fourth-order valence-corrected chi connectivity index (χ4v) is 2.28. The van der Waals surface area contributed by atoms with E-state index >= 15 is 0 Å². The number of allylic oxidation sites excluding steroid dienone is 1. The number of rotatable bonds is 1. The van der Waals surface area contributed by atoms with E-state index in [9.17, 15) is 4.79 Å². The highest BCUT2D eigenvalue weighted by atomic mass is 32.2. The number of fused-ring (bicyclic) bond motifs is 2. The molecule has 0 atom stereocenters. The van der Waals surface area contributed by atoms with Gasteiger partial charge in [-0.15, -0.1) is 5.10 Å². The fraction of sp³-hybridized carbons (Fsp3) is 0.333. The van der Waals surface area contributed by atoms with Gasteiger partial charge in [-0.05, 0) is 5.41 Å². The van der Waals surface area contributed by atoms with Crippen LogP contribution in [0.4, 0.5) is 11.9 Å². The zero-order valence-electron chi connectivity index (χ0n) is 8.84. The first-order chi connectivity index (χ1) is 7.65. The molecule has 1 aromatic rings. The number of aromatic nitrogens is 3. The highest BCUT2D eigenvalue weighted by Crippen LogP contribution is 2.30. The molecular formula is C9H9N5OS. The molecule has 7 heteroatoms. The molecular weight excluding hydrogens is 226 g/mol. The first-order valence-electron chi connectivity index (χ1n) is 4.76. The van der Waals surface area contributed by atoms with Gasteiger partial charge in [-0.1, -0.05) is 11.8 Å². The van der Waals surface area contributed by atoms with Crippen LogP contribution in [-0.2, 0) is 11.3 Å². The molecule has 3 heterocycles. The second-order valence-corrected chi connectivity index (χ2v) is 4.61. The van der Waals surface area contributed by atoms with Gasteiger partial charge in [0.25, 0.3) is 5.95 Å². The Balaban J connectivity index is 2.08. The number of hydrogen-bond acceptors (Lipinski definition) is 6. The van der Waals surface area contributed by atoms with E-state index in [0.29, 0.717) is 24.2 Å². The second-order valence-electron chi connectivity index (χ2n) is 3.77. The van der Waals surface area contributed by atoms with Gasteiger partial charge in [-0.3, -0.25) is 4.79 Å². The SMILES string of the molecule is CN(C)c1nc2n(n1)CC1=CSC(=O)C1=N2. The molecule has 0 spiro atoms. The molecule has 3 rings (SSSR count). The summed E-state index contributed by atoms with van der Waals surface area (Å²) >= 11 is 1.18. The second kappa shape index (κ2) is 3.18. The van der Waals surface area contributed by atoms with Crippen molar-refractivity contribution in [3.8, 4) is 0 Å². The minimum atomic E-state index is -0.00402. The van der Waals surface area contributed by atoms with Crippen LogP contribution in [0.2, 0.25) is 0 Å². The van der Waals surface area contributed by atoms with Crippen molar-refractivity contribution in [3.63, 3.8) is 0 Å². The number of anilines is 1. The lowest BCUT2D eigenvalue weighted by atomic mass is 10.2. The lowest BCUT2D eigenvalue weighted by Gasteiger charge is -2.09. The van der Waals surface area contributed by atoms with E-state index in [-0.39, 0.29) is 5.12 Å². The maximum atomic E-state index is 11.5. The van der Waals surface area contributed by atoms with E-state index in [4.69, 9.17) is 0 Å². The molecule has 6 nitrogen and oxygen atoms in total. The number of thioether (sulfide) groups is 1. The Labute approximate surface area is 96.1 Å². The Morgan fingerprint density at radius 2 is 2.31 bits per heavy atom. The zero-order chi connectivity index (χ0) is 11.3. The molecule has 0 bridgehead atoms. The quantitative estimate of drug-likeness (QED) is 0.712. The summed E-state index contributed by atoms with van der Waals surface area (Å²) in [7, 11) is 3.74. The van der Waals surface area contributed by atoms with Crippen molar-refractivity contribution in [2.45, 2.75) is 6.54 Å². The average molecular weight is 235 g/mol. The molecule has 0 aromatic carbocycles. The van der Waals surface area contributed by atoms with Gasteiger partial charge in [-0.2, -0.15) is 4.98 Å². The molecule has 0 N–H and O–H groups in total. The molecule has 0 unspecified atom stereocenters. The van der Waals surface area contributed by atoms with Crippen molar-refractivity contribution < 1.29 is 4.79 Å². The Bertz CT molecular complexity index is 542. The summed E-state index contributed by atoms with van der Waals surface area (Å²) in [4.78, 5) is 21.8. The Hall–Kier alpha value is -1.63. The van der Waals surface area contributed by atoms with Crippen LogP contribution in [0.25, 0.3) is 0 Å². The van der Waals surface area contributed by atoms with Crippen LogP contribution in [0.3, 0.4) is 0 Å². The maximum absolute atomic E-state index is 11.5. The van der Waals surface area contributed by atoms with Crippen LogP contribution < -0.4 is 4.90 Å². The number of carbonyl (C=O) groups excluding carboxylic acids is 1. The monoisotopic (exact) mass is 235 g/mol. The van der Waals surface area contributed by atoms with Crippen LogP contribution in [0.1, 0.15) is 0 Å². The smallest absolute Gasteiger partial charge is 0.250 e. The Morgan fingerprint density at radius 1 is 1.50 bits per heavy atom. The predicted octanol–water partition coefficient (Wildman–Crippen LogP) is 0.587. The summed E-state index contributed by atoms with van der Waals surface area (Å²) < 4.78 is 1.71. The highest BCUT2D eigenvalue weighted by molar-refractivity contribution is 8.18. The average Bonchev–Trinajstić information content (AvgIpc) is 2.80. The number of aliphatic imine (C=N–C) groups is 1. The van der Waals surface area contributed by atoms with Crippen molar-refractivity contribution in [1.29, 1.82) is 0 Å². The molecule has 0 radical (unpaired) electrons. The first kappa shape index (κ1) is 9.59. The third-order valence-corrected chi connectivity index (χ3v) is 3.19. The molecule has 82 valence electrons. The van der Waals surface area contributed by atoms with Gasteiger partial charge in [0.1, 0.15) is 5.71 Å². The first-order valence-corrected chi connectivity index (χ1v) is 5.64. The van der Waals surface area contributed by atoms with E-state index in [2.05, 4.69) is 15.1 Å². The standard InChI is InChI=1S/C9H9N5OS/c1-13(2)9-11-8-10-6-5(3-14(8)12-9)4-16-7(6)15/h4H,3H2,1-2H3. The summed E-state index contributed by atoms with van der Waals surface area (Å²) in [5, 5.41) is 6.13. The molecule has 0 amide bonds. The molecule has 2 aliphatic heterocycles. The van der Waals surface area contributed by atoms with E-state index in [1.54, 1.807) is 4.68 Å². The topological polar surface area (TPSA) is 63.4 Å². The lowest BCUT2D eigenvalue weighted by Crippen LogP contribution is -2.18. The molecule has 0 fully saturated rings. The van der Waals surface area contributed by atoms with Gasteiger partial charge in [0, 0.05) is 19.7 Å². The minimum Gasteiger partial charge on any atom is -0.346 e. The summed E-state index contributed by atoms with van der Waals surface area (Å²) in [6.07, 6.45) is 0. The normalized spacial score (nSPS) is 17.8. The van der Waals surface area contributed by atoms with Gasteiger partial charge in [0.2, 0.25) is 11.1 Å². The van der Waals surface area contributed by atoms with E-state index in [1.165, 1.54) is 11.8 Å². The van der Waals surface area contributed by atoms with Gasteiger partial charge in [0.15, 0.2) is 0 Å². The van der Waals surface area contributed by atoms with Gasteiger partial charge in [-0.25, -0.2) is 9.67 Å². The molecule has 0 aliphatic carbocycles. The maximum Gasteiger partial charge on any atom is 0.250 e. The van der Waals surface area contributed by atoms with Crippen molar-refractivity contribution in [2.24, 2.45) is 4.99 Å². The van der Waals surface area contributed by atoms with Gasteiger partial charge < -0.3 is 4.90 Å². The summed E-state index contributed by atoms with van der Waals surface area (Å²) in [5.41, 5.74) is 1.45. The van der Waals surface area contributed by atoms with Crippen LogP contribution in [0.5, 0.6) is 0 Å². The third-order valence-electron chi connectivity index (χ3n) is 2.38. The van der Waals surface area contributed by atoms with Crippen molar-refractivity contribution >= 4 is 34.5 Å². The number of nitrogens with zero attached hydrogens (tertiary/aromatic N) is 5. The van der Waals surface area contributed by atoms with Gasteiger partial charge >= 0.3 is 0 Å². The number of carbonyl (C=O) groups is 1. The van der Waals surface area contributed by atoms with Crippen molar-refractivity contribution in [3.05, 3.63) is 11.0 Å². The molecule has 16 heavy (non-hydrogen) atoms. The van der Waals surface area contributed by atoms with Crippen LogP contribution in [-0.4, -0.2) is 39.7 Å².